The minimum absolute atomic E-state index is 0.0633. The highest BCUT2D eigenvalue weighted by molar-refractivity contribution is 8.02. The van der Waals surface area contributed by atoms with Crippen molar-refractivity contribution < 1.29 is 5.11 Å². The first kappa shape index (κ1) is 11.9. The molecule has 0 aliphatic carbocycles. The molecular formula is C9H16N2OS2. The van der Waals surface area contributed by atoms with Gasteiger partial charge in [-0.25, -0.2) is 4.98 Å². The van der Waals surface area contributed by atoms with E-state index in [0.717, 1.165) is 22.4 Å². The van der Waals surface area contributed by atoms with Gasteiger partial charge in [-0.15, -0.1) is 0 Å². The van der Waals surface area contributed by atoms with E-state index in [1.165, 1.54) is 5.75 Å². The lowest BCUT2D eigenvalue weighted by atomic mass is 10.5. The summed E-state index contributed by atoms with van der Waals surface area (Å²) in [6.07, 6.45) is 1.73. The minimum atomic E-state index is 0.0633. The Hall–Kier alpha value is -0.130. The lowest BCUT2D eigenvalue weighted by molar-refractivity contribution is 0.271. The molecule has 5 heteroatoms. The number of hydrogen-bond acceptors (Lipinski definition) is 4. The van der Waals surface area contributed by atoms with E-state index in [9.17, 15) is 0 Å². The fourth-order valence-corrected chi connectivity index (χ4v) is 2.76. The number of aliphatic hydroxyl groups is 1. The van der Waals surface area contributed by atoms with E-state index in [0.29, 0.717) is 0 Å². The Morgan fingerprint density at radius 3 is 2.86 bits per heavy atom. The summed E-state index contributed by atoms with van der Waals surface area (Å²) in [5.41, 5.74) is 0.871. The molecule has 0 saturated heterocycles. The van der Waals surface area contributed by atoms with Crippen LogP contribution in [0.5, 0.6) is 0 Å². The van der Waals surface area contributed by atoms with Crippen LogP contribution in [0, 0.1) is 0 Å². The molecule has 0 bridgehead atoms. The van der Waals surface area contributed by atoms with Gasteiger partial charge in [0.2, 0.25) is 0 Å². The summed E-state index contributed by atoms with van der Waals surface area (Å²) < 4.78 is 1.95. The van der Waals surface area contributed by atoms with Crippen molar-refractivity contribution in [1.82, 2.24) is 9.55 Å². The minimum Gasteiger partial charge on any atom is -0.390 e. The molecule has 3 nitrogen and oxygen atoms in total. The van der Waals surface area contributed by atoms with Gasteiger partial charge in [0.15, 0.2) is 5.16 Å². The average molecular weight is 232 g/mol. The van der Waals surface area contributed by atoms with Crippen molar-refractivity contribution in [2.45, 2.75) is 18.7 Å². The molecule has 0 unspecified atom stereocenters. The third-order valence-corrected chi connectivity index (χ3v) is 4.07. The van der Waals surface area contributed by atoms with Crippen LogP contribution in [0.1, 0.15) is 12.6 Å². The predicted octanol–water partition coefficient (Wildman–Crippen LogP) is 1.76. The third kappa shape index (κ3) is 3.22. The molecule has 0 aromatic carbocycles. The molecule has 0 saturated carbocycles. The monoisotopic (exact) mass is 232 g/mol. The zero-order valence-corrected chi connectivity index (χ0v) is 10.2. The smallest absolute Gasteiger partial charge is 0.167 e. The van der Waals surface area contributed by atoms with Gasteiger partial charge in [0.1, 0.15) is 0 Å². The van der Waals surface area contributed by atoms with Gasteiger partial charge in [-0.05, 0) is 5.75 Å². The van der Waals surface area contributed by atoms with Crippen LogP contribution >= 0.6 is 23.5 Å². The first-order valence-electron chi connectivity index (χ1n) is 4.61. The Morgan fingerprint density at radius 2 is 2.29 bits per heavy atom. The molecule has 0 radical (unpaired) electrons. The summed E-state index contributed by atoms with van der Waals surface area (Å²) in [6.45, 7) is 2.23. The van der Waals surface area contributed by atoms with Crippen molar-refractivity contribution in [3.8, 4) is 0 Å². The molecular weight excluding hydrogens is 216 g/mol. The van der Waals surface area contributed by atoms with Crippen molar-refractivity contribution in [2.24, 2.45) is 7.05 Å². The van der Waals surface area contributed by atoms with Gasteiger partial charge in [-0.2, -0.15) is 11.8 Å². The molecule has 0 aliphatic rings. The van der Waals surface area contributed by atoms with E-state index in [1.54, 1.807) is 18.0 Å². The molecule has 80 valence electrons. The van der Waals surface area contributed by atoms with Crippen molar-refractivity contribution in [3.05, 3.63) is 11.9 Å². The van der Waals surface area contributed by atoms with Gasteiger partial charge in [0.25, 0.3) is 0 Å². The quantitative estimate of drug-likeness (QED) is 0.599. The summed E-state index contributed by atoms with van der Waals surface area (Å²) in [5.74, 6) is 3.40. The fourth-order valence-electron chi connectivity index (χ4n) is 1.04. The topological polar surface area (TPSA) is 38.1 Å². The lowest BCUT2D eigenvalue weighted by Gasteiger charge is -2.03. The van der Waals surface area contributed by atoms with E-state index in [1.807, 2.05) is 23.4 Å². The van der Waals surface area contributed by atoms with Crippen LogP contribution in [0.4, 0.5) is 0 Å². The first-order chi connectivity index (χ1) is 6.79. The highest BCUT2D eigenvalue weighted by atomic mass is 32.2. The number of imidazole rings is 1. The number of rotatable bonds is 6. The standard InChI is InChI=1S/C9H16N2OS2/c1-3-13-4-5-14-9-10-6-8(7-12)11(9)2/h6,12H,3-5,7H2,1-2H3. The molecule has 0 fully saturated rings. The maximum absolute atomic E-state index is 8.97. The SMILES string of the molecule is CCSCCSc1ncc(CO)n1C. The lowest BCUT2D eigenvalue weighted by Crippen LogP contribution is -1.98. The second-order valence-corrected chi connectivity index (χ2v) is 5.25. The third-order valence-electron chi connectivity index (χ3n) is 1.87. The molecule has 0 atom stereocenters. The summed E-state index contributed by atoms with van der Waals surface area (Å²) in [6, 6.07) is 0. The highest BCUT2D eigenvalue weighted by Crippen LogP contribution is 2.18. The largest absolute Gasteiger partial charge is 0.390 e. The molecule has 14 heavy (non-hydrogen) atoms. The molecule has 1 aromatic heterocycles. The van der Waals surface area contributed by atoms with E-state index in [2.05, 4.69) is 11.9 Å². The highest BCUT2D eigenvalue weighted by Gasteiger charge is 2.05. The molecule has 1 heterocycles. The van der Waals surface area contributed by atoms with Crippen molar-refractivity contribution in [2.75, 3.05) is 17.3 Å². The molecule has 0 spiro atoms. The van der Waals surface area contributed by atoms with E-state index in [-0.39, 0.29) is 6.61 Å². The summed E-state index contributed by atoms with van der Waals surface area (Å²) in [7, 11) is 1.94. The summed E-state index contributed by atoms with van der Waals surface area (Å²) in [4.78, 5) is 4.24. The Bertz CT molecular complexity index is 276. The second kappa shape index (κ2) is 6.37. The Labute approximate surface area is 93.3 Å². The van der Waals surface area contributed by atoms with Gasteiger partial charge >= 0.3 is 0 Å². The summed E-state index contributed by atoms with van der Waals surface area (Å²) >= 11 is 3.68. The molecule has 0 amide bonds. The van der Waals surface area contributed by atoms with Crippen LogP contribution in [0.3, 0.4) is 0 Å². The zero-order valence-electron chi connectivity index (χ0n) is 8.56. The van der Waals surface area contributed by atoms with Crippen LogP contribution in [0.15, 0.2) is 11.4 Å². The van der Waals surface area contributed by atoms with Crippen molar-refractivity contribution >= 4 is 23.5 Å². The van der Waals surface area contributed by atoms with Gasteiger partial charge < -0.3 is 9.67 Å². The van der Waals surface area contributed by atoms with Gasteiger partial charge in [-0.1, -0.05) is 18.7 Å². The maximum Gasteiger partial charge on any atom is 0.167 e. The van der Waals surface area contributed by atoms with Crippen LogP contribution in [0.25, 0.3) is 0 Å². The van der Waals surface area contributed by atoms with Gasteiger partial charge in [0, 0.05) is 18.6 Å². The maximum atomic E-state index is 8.97. The number of thioether (sulfide) groups is 2. The number of nitrogens with zero attached hydrogens (tertiary/aromatic N) is 2. The number of hydrogen-bond donors (Lipinski definition) is 1. The predicted molar refractivity (Wildman–Crippen MR) is 62.9 cm³/mol. The first-order valence-corrected chi connectivity index (χ1v) is 6.75. The molecule has 0 aliphatic heterocycles. The van der Waals surface area contributed by atoms with Crippen LogP contribution in [-0.2, 0) is 13.7 Å². The Morgan fingerprint density at radius 1 is 1.50 bits per heavy atom. The number of aliphatic hydroxyl groups excluding tert-OH is 1. The second-order valence-electron chi connectivity index (χ2n) is 2.79. The zero-order chi connectivity index (χ0) is 10.4. The van der Waals surface area contributed by atoms with E-state index in [4.69, 9.17) is 5.11 Å². The summed E-state index contributed by atoms with van der Waals surface area (Å²) in [5, 5.41) is 9.96. The van der Waals surface area contributed by atoms with Crippen LogP contribution in [-0.4, -0.2) is 31.9 Å². The molecule has 1 N–H and O–H groups in total. The van der Waals surface area contributed by atoms with Crippen molar-refractivity contribution in [3.63, 3.8) is 0 Å². The van der Waals surface area contributed by atoms with E-state index < -0.39 is 0 Å². The Balaban J connectivity index is 2.39. The Kier molecular flexibility index (Phi) is 5.44. The molecule has 1 rings (SSSR count). The van der Waals surface area contributed by atoms with Gasteiger partial charge in [-0.3, -0.25) is 0 Å². The molecule has 1 aromatic rings. The van der Waals surface area contributed by atoms with Crippen LogP contribution < -0.4 is 0 Å². The van der Waals surface area contributed by atoms with Gasteiger partial charge in [0.05, 0.1) is 18.5 Å². The average Bonchev–Trinajstić information content (AvgIpc) is 2.55. The van der Waals surface area contributed by atoms with Crippen molar-refractivity contribution in [1.29, 1.82) is 0 Å². The van der Waals surface area contributed by atoms with E-state index >= 15 is 0 Å². The number of aromatic nitrogens is 2. The normalized spacial score (nSPS) is 10.8. The van der Waals surface area contributed by atoms with Crippen LogP contribution in [0.2, 0.25) is 0 Å². The fraction of sp³-hybridized carbons (Fsp3) is 0.667.